The SMILES string of the molecule is CN(Cc1ccco1)S(=O)(=O)c1ccc(C(=O)Nc2ccc(F)cc2)cc1. The minimum atomic E-state index is -3.72. The minimum Gasteiger partial charge on any atom is -0.468 e. The van der Waals surface area contributed by atoms with Gasteiger partial charge in [0, 0.05) is 18.3 Å². The van der Waals surface area contributed by atoms with Crippen molar-refractivity contribution in [2.75, 3.05) is 12.4 Å². The molecule has 1 aromatic heterocycles. The van der Waals surface area contributed by atoms with Gasteiger partial charge in [0.1, 0.15) is 11.6 Å². The first-order chi connectivity index (χ1) is 12.9. The standard InChI is InChI=1S/C19H17FN2O4S/c1-22(13-17-3-2-12-26-17)27(24,25)18-10-4-14(5-11-18)19(23)21-16-8-6-15(20)7-9-16/h2-12H,13H2,1H3,(H,21,23). The molecule has 0 radical (unpaired) electrons. The highest BCUT2D eigenvalue weighted by Crippen LogP contribution is 2.18. The fourth-order valence-corrected chi connectivity index (χ4v) is 3.54. The molecule has 0 fully saturated rings. The lowest BCUT2D eigenvalue weighted by Gasteiger charge is -2.16. The maximum absolute atomic E-state index is 12.9. The van der Waals surface area contributed by atoms with E-state index in [2.05, 4.69) is 5.32 Å². The quantitative estimate of drug-likeness (QED) is 0.701. The van der Waals surface area contributed by atoms with Crippen LogP contribution in [0.3, 0.4) is 0 Å². The molecule has 140 valence electrons. The summed E-state index contributed by atoms with van der Waals surface area (Å²) < 4.78 is 44.5. The van der Waals surface area contributed by atoms with Crippen molar-refractivity contribution in [2.45, 2.75) is 11.4 Å². The van der Waals surface area contributed by atoms with Crippen molar-refractivity contribution in [3.8, 4) is 0 Å². The lowest BCUT2D eigenvalue weighted by molar-refractivity contribution is 0.102. The first kappa shape index (κ1) is 18.8. The van der Waals surface area contributed by atoms with E-state index in [-0.39, 0.29) is 17.0 Å². The van der Waals surface area contributed by atoms with Crippen molar-refractivity contribution in [1.29, 1.82) is 0 Å². The number of hydrogen-bond acceptors (Lipinski definition) is 4. The van der Waals surface area contributed by atoms with Gasteiger partial charge in [0.2, 0.25) is 10.0 Å². The van der Waals surface area contributed by atoms with Crippen LogP contribution in [-0.2, 0) is 16.6 Å². The number of amides is 1. The molecule has 0 spiro atoms. The molecular formula is C19H17FN2O4S. The van der Waals surface area contributed by atoms with E-state index >= 15 is 0 Å². The molecule has 0 saturated carbocycles. The largest absolute Gasteiger partial charge is 0.468 e. The number of carbonyl (C=O) groups is 1. The van der Waals surface area contributed by atoms with E-state index < -0.39 is 21.7 Å². The first-order valence-corrected chi connectivity index (χ1v) is 9.46. The van der Waals surface area contributed by atoms with Crippen molar-refractivity contribution in [2.24, 2.45) is 0 Å². The number of nitrogens with one attached hydrogen (secondary N) is 1. The van der Waals surface area contributed by atoms with Crippen LogP contribution < -0.4 is 5.32 Å². The average Bonchev–Trinajstić information content (AvgIpc) is 3.16. The second-order valence-electron chi connectivity index (χ2n) is 5.83. The highest BCUT2D eigenvalue weighted by molar-refractivity contribution is 7.89. The zero-order chi connectivity index (χ0) is 19.4. The molecule has 8 heteroatoms. The third-order valence-corrected chi connectivity index (χ3v) is 5.70. The summed E-state index contributed by atoms with van der Waals surface area (Å²) >= 11 is 0. The molecule has 0 unspecified atom stereocenters. The zero-order valence-electron chi connectivity index (χ0n) is 14.4. The summed E-state index contributed by atoms with van der Waals surface area (Å²) in [6.07, 6.45) is 1.48. The van der Waals surface area contributed by atoms with Crippen molar-refractivity contribution in [1.82, 2.24) is 4.31 Å². The zero-order valence-corrected chi connectivity index (χ0v) is 15.2. The molecule has 0 bridgehead atoms. The van der Waals surface area contributed by atoms with E-state index in [1.165, 1.54) is 66.1 Å². The summed E-state index contributed by atoms with van der Waals surface area (Å²) in [5.41, 5.74) is 0.725. The molecule has 0 atom stereocenters. The summed E-state index contributed by atoms with van der Waals surface area (Å²) in [6, 6.07) is 14.3. The molecule has 0 aliphatic carbocycles. The van der Waals surface area contributed by atoms with Gasteiger partial charge in [-0.15, -0.1) is 0 Å². The molecule has 1 N–H and O–H groups in total. The number of rotatable bonds is 6. The monoisotopic (exact) mass is 388 g/mol. The Morgan fingerprint density at radius 1 is 1.07 bits per heavy atom. The second-order valence-corrected chi connectivity index (χ2v) is 7.87. The molecule has 1 amide bonds. The summed E-state index contributed by atoms with van der Waals surface area (Å²) in [6.45, 7) is 0.0993. The molecule has 3 aromatic rings. The smallest absolute Gasteiger partial charge is 0.255 e. The summed E-state index contributed by atoms with van der Waals surface area (Å²) in [7, 11) is -2.27. The van der Waals surface area contributed by atoms with Crippen molar-refractivity contribution in [3.63, 3.8) is 0 Å². The van der Waals surface area contributed by atoms with Crippen LogP contribution in [0.2, 0.25) is 0 Å². The van der Waals surface area contributed by atoms with Crippen LogP contribution in [0, 0.1) is 5.82 Å². The molecular weight excluding hydrogens is 371 g/mol. The van der Waals surface area contributed by atoms with Crippen LogP contribution in [0.4, 0.5) is 10.1 Å². The Morgan fingerprint density at radius 3 is 2.33 bits per heavy atom. The summed E-state index contributed by atoms with van der Waals surface area (Å²) in [5.74, 6) is -0.299. The molecule has 2 aromatic carbocycles. The molecule has 6 nitrogen and oxygen atoms in total. The van der Waals surface area contributed by atoms with Gasteiger partial charge < -0.3 is 9.73 Å². The number of benzene rings is 2. The molecule has 3 rings (SSSR count). The Labute approximate surface area is 156 Å². The van der Waals surface area contributed by atoms with Crippen LogP contribution in [0.5, 0.6) is 0 Å². The molecule has 27 heavy (non-hydrogen) atoms. The highest BCUT2D eigenvalue weighted by Gasteiger charge is 2.22. The minimum absolute atomic E-state index is 0.0647. The van der Waals surface area contributed by atoms with Gasteiger partial charge in [-0.3, -0.25) is 4.79 Å². The number of nitrogens with zero attached hydrogens (tertiary/aromatic N) is 1. The van der Waals surface area contributed by atoms with Gasteiger partial charge in [-0.25, -0.2) is 12.8 Å². The Balaban J connectivity index is 1.71. The number of anilines is 1. The topological polar surface area (TPSA) is 79.6 Å². The van der Waals surface area contributed by atoms with Gasteiger partial charge in [-0.05, 0) is 60.7 Å². The molecule has 0 aliphatic rings. The van der Waals surface area contributed by atoms with Crippen molar-refractivity contribution < 1.29 is 22.0 Å². The van der Waals surface area contributed by atoms with Crippen LogP contribution in [0.25, 0.3) is 0 Å². The van der Waals surface area contributed by atoms with Crippen molar-refractivity contribution >= 4 is 21.6 Å². The maximum Gasteiger partial charge on any atom is 0.255 e. The van der Waals surface area contributed by atoms with Gasteiger partial charge in [0.15, 0.2) is 0 Å². The van der Waals surface area contributed by atoms with E-state index in [0.29, 0.717) is 11.4 Å². The van der Waals surface area contributed by atoms with Crippen LogP contribution in [0.1, 0.15) is 16.1 Å². The molecule has 0 saturated heterocycles. The predicted octanol–water partition coefficient (Wildman–Crippen LogP) is 3.49. The Morgan fingerprint density at radius 2 is 1.74 bits per heavy atom. The van der Waals surface area contributed by atoms with Crippen LogP contribution in [-0.4, -0.2) is 25.7 Å². The lowest BCUT2D eigenvalue weighted by Crippen LogP contribution is -2.26. The Kier molecular flexibility index (Phi) is 5.38. The maximum atomic E-state index is 12.9. The number of carbonyl (C=O) groups excluding carboxylic acids is 1. The van der Waals surface area contributed by atoms with E-state index in [9.17, 15) is 17.6 Å². The average molecular weight is 388 g/mol. The van der Waals surface area contributed by atoms with Crippen molar-refractivity contribution in [3.05, 3.63) is 84.1 Å². The van der Waals surface area contributed by atoms with Crippen LogP contribution >= 0.6 is 0 Å². The van der Waals surface area contributed by atoms with Gasteiger partial charge in [-0.2, -0.15) is 4.31 Å². The normalized spacial score (nSPS) is 11.5. The third-order valence-electron chi connectivity index (χ3n) is 3.89. The third kappa shape index (κ3) is 4.42. The van der Waals surface area contributed by atoms with E-state index in [0.717, 1.165) is 0 Å². The van der Waals surface area contributed by atoms with E-state index in [1.54, 1.807) is 12.1 Å². The molecule has 1 heterocycles. The van der Waals surface area contributed by atoms with E-state index in [1.807, 2.05) is 0 Å². The summed E-state index contributed by atoms with van der Waals surface area (Å²) in [5, 5.41) is 2.62. The van der Waals surface area contributed by atoms with Gasteiger partial charge in [0.05, 0.1) is 17.7 Å². The van der Waals surface area contributed by atoms with Gasteiger partial charge >= 0.3 is 0 Å². The fourth-order valence-electron chi connectivity index (χ4n) is 2.40. The highest BCUT2D eigenvalue weighted by atomic mass is 32.2. The second kappa shape index (κ2) is 7.73. The fraction of sp³-hybridized carbons (Fsp3) is 0.105. The number of halogens is 1. The lowest BCUT2D eigenvalue weighted by atomic mass is 10.2. The predicted molar refractivity (Wildman–Crippen MR) is 98.2 cm³/mol. The number of sulfonamides is 1. The number of furan rings is 1. The molecule has 0 aliphatic heterocycles. The van der Waals surface area contributed by atoms with Gasteiger partial charge in [-0.1, -0.05) is 0 Å². The van der Waals surface area contributed by atoms with Gasteiger partial charge in [0.25, 0.3) is 5.91 Å². The van der Waals surface area contributed by atoms with E-state index in [4.69, 9.17) is 4.42 Å². The summed E-state index contributed by atoms with van der Waals surface area (Å²) in [4.78, 5) is 12.3. The first-order valence-electron chi connectivity index (χ1n) is 8.02. The Bertz CT molecular complexity index is 1010. The number of hydrogen-bond donors (Lipinski definition) is 1. The Hall–Kier alpha value is -2.97. The van der Waals surface area contributed by atoms with Crippen LogP contribution in [0.15, 0.2) is 76.2 Å².